The number of hydrogen-bond acceptors (Lipinski definition) is 2. The predicted molar refractivity (Wildman–Crippen MR) is 78.3 cm³/mol. The second-order valence-corrected chi connectivity index (χ2v) is 5.62. The summed E-state index contributed by atoms with van der Waals surface area (Å²) in [6.45, 7) is 4.89. The number of para-hydroxylation sites is 1. The summed E-state index contributed by atoms with van der Waals surface area (Å²) in [7, 11) is 0. The van der Waals surface area contributed by atoms with Crippen LogP contribution in [0, 0.1) is 11.8 Å². The lowest BCUT2D eigenvalue weighted by Crippen LogP contribution is -2.21. The van der Waals surface area contributed by atoms with E-state index in [1.165, 1.54) is 19.3 Å². The summed E-state index contributed by atoms with van der Waals surface area (Å²) in [5, 5.41) is 10.7. The Labute approximate surface area is 116 Å². The van der Waals surface area contributed by atoms with E-state index in [0.29, 0.717) is 12.5 Å². The zero-order chi connectivity index (χ0) is 13.7. The van der Waals surface area contributed by atoms with Crippen LogP contribution in [0.1, 0.15) is 57.6 Å². The van der Waals surface area contributed by atoms with Crippen molar-refractivity contribution in [2.75, 3.05) is 6.61 Å². The number of aliphatic hydroxyl groups excluding tert-OH is 1. The molecule has 1 aliphatic carbocycles. The second kappa shape index (κ2) is 6.95. The van der Waals surface area contributed by atoms with Crippen LogP contribution in [0.15, 0.2) is 24.3 Å². The number of rotatable bonds is 5. The van der Waals surface area contributed by atoms with Crippen molar-refractivity contribution in [1.29, 1.82) is 0 Å². The van der Waals surface area contributed by atoms with Gasteiger partial charge in [-0.05, 0) is 37.7 Å². The molecule has 1 saturated carbocycles. The maximum absolute atomic E-state index is 10.7. The van der Waals surface area contributed by atoms with E-state index in [2.05, 4.69) is 6.92 Å². The molecule has 1 N–H and O–H groups in total. The van der Waals surface area contributed by atoms with Gasteiger partial charge in [-0.15, -0.1) is 0 Å². The van der Waals surface area contributed by atoms with Gasteiger partial charge in [0, 0.05) is 5.56 Å². The molecule has 106 valence electrons. The van der Waals surface area contributed by atoms with Crippen molar-refractivity contribution in [2.45, 2.75) is 52.1 Å². The molecule has 0 bridgehead atoms. The van der Waals surface area contributed by atoms with Gasteiger partial charge < -0.3 is 9.84 Å². The smallest absolute Gasteiger partial charge is 0.125 e. The van der Waals surface area contributed by atoms with Crippen molar-refractivity contribution in [3.8, 4) is 5.75 Å². The van der Waals surface area contributed by atoms with Gasteiger partial charge in [0.15, 0.2) is 0 Å². The molecule has 0 saturated heterocycles. The van der Waals surface area contributed by atoms with Crippen LogP contribution >= 0.6 is 0 Å². The Morgan fingerprint density at radius 2 is 2.05 bits per heavy atom. The fraction of sp³-hybridized carbons (Fsp3) is 0.647. The van der Waals surface area contributed by atoms with Crippen LogP contribution < -0.4 is 4.74 Å². The fourth-order valence-electron chi connectivity index (χ4n) is 3.26. The molecule has 3 atom stereocenters. The summed E-state index contributed by atoms with van der Waals surface area (Å²) in [6.07, 6.45) is 5.72. The Morgan fingerprint density at radius 1 is 1.26 bits per heavy atom. The van der Waals surface area contributed by atoms with Crippen LogP contribution in [0.5, 0.6) is 5.75 Å². The maximum atomic E-state index is 10.7. The standard InChI is InChI=1S/C17H26O2/c1-3-13-8-7-9-14(12-13)17(18)15-10-5-6-11-16(15)19-4-2/h5-6,10-11,13-14,17-18H,3-4,7-9,12H2,1-2H3. The molecule has 0 aromatic heterocycles. The molecule has 0 amide bonds. The van der Waals surface area contributed by atoms with Crippen LogP contribution in [0.3, 0.4) is 0 Å². The topological polar surface area (TPSA) is 29.5 Å². The molecular formula is C17H26O2. The molecule has 0 aliphatic heterocycles. The van der Waals surface area contributed by atoms with Crippen molar-refractivity contribution in [1.82, 2.24) is 0 Å². The van der Waals surface area contributed by atoms with Crippen LogP contribution in [0.4, 0.5) is 0 Å². The molecule has 1 aromatic rings. The molecule has 1 fully saturated rings. The molecule has 1 aromatic carbocycles. The predicted octanol–water partition coefficient (Wildman–Crippen LogP) is 4.34. The summed E-state index contributed by atoms with van der Waals surface area (Å²) in [4.78, 5) is 0. The first-order valence-electron chi connectivity index (χ1n) is 7.66. The molecule has 2 rings (SSSR count). The SMILES string of the molecule is CCOc1ccccc1C(O)C1CCCC(CC)C1. The van der Waals surface area contributed by atoms with Gasteiger partial charge in [-0.1, -0.05) is 44.4 Å². The van der Waals surface area contributed by atoms with Gasteiger partial charge in [0.2, 0.25) is 0 Å². The summed E-state index contributed by atoms with van der Waals surface area (Å²) < 4.78 is 5.64. The van der Waals surface area contributed by atoms with Gasteiger partial charge in [0.05, 0.1) is 12.7 Å². The quantitative estimate of drug-likeness (QED) is 0.855. The molecule has 0 heterocycles. The van der Waals surface area contributed by atoms with E-state index < -0.39 is 0 Å². The van der Waals surface area contributed by atoms with Crippen molar-refractivity contribution in [3.05, 3.63) is 29.8 Å². The largest absolute Gasteiger partial charge is 0.493 e. The van der Waals surface area contributed by atoms with Gasteiger partial charge in [0.25, 0.3) is 0 Å². The number of ether oxygens (including phenoxy) is 1. The van der Waals surface area contributed by atoms with Crippen LogP contribution in [0.25, 0.3) is 0 Å². The Morgan fingerprint density at radius 3 is 2.79 bits per heavy atom. The molecule has 0 spiro atoms. The Hall–Kier alpha value is -1.02. The lowest BCUT2D eigenvalue weighted by Gasteiger charge is -2.32. The van der Waals surface area contributed by atoms with E-state index in [4.69, 9.17) is 4.74 Å². The van der Waals surface area contributed by atoms with E-state index in [0.717, 1.165) is 30.1 Å². The van der Waals surface area contributed by atoms with E-state index in [9.17, 15) is 5.11 Å². The zero-order valence-corrected chi connectivity index (χ0v) is 12.1. The van der Waals surface area contributed by atoms with Gasteiger partial charge in [-0.2, -0.15) is 0 Å². The van der Waals surface area contributed by atoms with E-state index in [1.54, 1.807) is 0 Å². The molecule has 3 unspecified atom stereocenters. The van der Waals surface area contributed by atoms with Gasteiger partial charge in [-0.25, -0.2) is 0 Å². The maximum Gasteiger partial charge on any atom is 0.125 e. The second-order valence-electron chi connectivity index (χ2n) is 5.62. The lowest BCUT2D eigenvalue weighted by molar-refractivity contribution is 0.0653. The van der Waals surface area contributed by atoms with Crippen LogP contribution in [0.2, 0.25) is 0 Å². The Balaban J connectivity index is 2.12. The van der Waals surface area contributed by atoms with E-state index in [-0.39, 0.29) is 6.10 Å². The van der Waals surface area contributed by atoms with Crippen LogP contribution in [-0.2, 0) is 0 Å². The number of aliphatic hydroxyl groups is 1. The molecular weight excluding hydrogens is 236 g/mol. The number of hydrogen-bond donors (Lipinski definition) is 1. The van der Waals surface area contributed by atoms with Crippen LogP contribution in [-0.4, -0.2) is 11.7 Å². The minimum Gasteiger partial charge on any atom is -0.493 e. The lowest BCUT2D eigenvalue weighted by atomic mass is 9.76. The fourth-order valence-corrected chi connectivity index (χ4v) is 3.26. The third-order valence-electron chi connectivity index (χ3n) is 4.38. The highest BCUT2D eigenvalue weighted by molar-refractivity contribution is 5.35. The number of benzene rings is 1. The normalized spacial score (nSPS) is 25.0. The molecule has 0 radical (unpaired) electrons. The minimum absolute atomic E-state index is 0.378. The summed E-state index contributed by atoms with van der Waals surface area (Å²) in [5.41, 5.74) is 0.964. The minimum atomic E-state index is -0.378. The molecule has 2 nitrogen and oxygen atoms in total. The molecule has 19 heavy (non-hydrogen) atoms. The van der Waals surface area contributed by atoms with Gasteiger partial charge in [0.1, 0.15) is 5.75 Å². The third kappa shape index (κ3) is 3.50. The summed E-state index contributed by atoms with van der Waals surface area (Å²) >= 11 is 0. The van der Waals surface area contributed by atoms with Crippen molar-refractivity contribution < 1.29 is 9.84 Å². The average Bonchev–Trinajstić information content (AvgIpc) is 2.47. The Kier molecular flexibility index (Phi) is 5.26. The highest BCUT2D eigenvalue weighted by atomic mass is 16.5. The zero-order valence-electron chi connectivity index (χ0n) is 12.1. The average molecular weight is 262 g/mol. The van der Waals surface area contributed by atoms with Crippen molar-refractivity contribution >= 4 is 0 Å². The monoisotopic (exact) mass is 262 g/mol. The molecule has 1 aliphatic rings. The van der Waals surface area contributed by atoms with Gasteiger partial charge >= 0.3 is 0 Å². The summed E-state index contributed by atoms with van der Waals surface area (Å²) in [6, 6.07) is 7.92. The Bertz CT molecular complexity index is 389. The molecule has 2 heteroatoms. The first-order valence-corrected chi connectivity index (χ1v) is 7.66. The summed E-state index contributed by atoms with van der Waals surface area (Å²) in [5.74, 6) is 2.02. The van der Waals surface area contributed by atoms with Crippen molar-refractivity contribution in [3.63, 3.8) is 0 Å². The highest BCUT2D eigenvalue weighted by Crippen LogP contribution is 2.40. The van der Waals surface area contributed by atoms with E-state index in [1.807, 2.05) is 31.2 Å². The first-order chi connectivity index (χ1) is 9.26. The first kappa shape index (κ1) is 14.4. The van der Waals surface area contributed by atoms with E-state index >= 15 is 0 Å². The van der Waals surface area contributed by atoms with Gasteiger partial charge in [-0.3, -0.25) is 0 Å². The third-order valence-corrected chi connectivity index (χ3v) is 4.38. The highest BCUT2D eigenvalue weighted by Gasteiger charge is 2.28. The van der Waals surface area contributed by atoms with Crippen molar-refractivity contribution in [2.24, 2.45) is 11.8 Å².